The second-order valence-corrected chi connectivity index (χ2v) is 6.02. The van der Waals surface area contributed by atoms with Crippen LogP contribution in [0.15, 0.2) is 35.1 Å². The minimum Gasteiger partial charge on any atom is -0.372 e. The zero-order valence-electron chi connectivity index (χ0n) is 14.5. The van der Waals surface area contributed by atoms with Crippen molar-refractivity contribution in [2.45, 2.75) is 33.6 Å². The van der Waals surface area contributed by atoms with E-state index in [-0.39, 0.29) is 11.2 Å². The maximum absolute atomic E-state index is 12.6. The van der Waals surface area contributed by atoms with Crippen LogP contribution in [-0.2, 0) is 24.5 Å². The van der Waals surface area contributed by atoms with Crippen molar-refractivity contribution in [2.24, 2.45) is 0 Å². The molecule has 0 saturated heterocycles. The molecule has 0 atom stereocenters. The van der Waals surface area contributed by atoms with E-state index in [1.165, 1.54) is 6.07 Å². The number of hydrogen-bond acceptors (Lipinski definition) is 5. The van der Waals surface area contributed by atoms with Crippen LogP contribution in [0.2, 0.25) is 0 Å². The first-order chi connectivity index (χ1) is 12.6. The Kier molecular flexibility index (Phi) is 3.81. The summed E-state index contributed by atoms with van der Waals surface area (Å²) in [6, 6.07) is 8.70. The highest BCUT2D eigenvalue weighted by Crippen LogP contribution is 2.35. The van der Waals surface area contributed by atoms with Gasteiger partial charge in [-0.15, -0.1) is 0 Å². The van der Waals surface area contributed by atoms with Crippen LogP contribution in [0.3, 0.4) is 0 Å². The molecule has 0 unspecified atom stereocenters. The highest BCUT2D eigenvalue weighted by Gasteiger charge is 2.28. The lowest BCUT2D eigenvalue weighted by Gasteiger charge is -2.06. The summed E-state index contributed by atoms with van der Waals surface area (Å²) in [5, 5.41) is 12.0. The van der Waals surface area contributed by atoms with Gasteiger partial charge < -0.3 is 9.30 Å². The van der Waals surface area contributed by atoms with Crippen molar-refractivity contribution < 1.29 is 9.66 Å². The molecule has 0 spiro atoms. The Balaban J connectivity index is 0.000000814. The molecule has 132 valence electrons. The molecule has 0 fully saturated rings. The normalized spacial score (nSPS) is 13.6. The van der Waals surface area contributed by atoms with Crippen LogP contribution in [0, 0.1) is 10.1 Å². The molecule has 2 aliphatic heterocycles. The minimum absolute atomic E-state index is 0.0272. The van der Waals surface area contributed by atoms with Gasteiger partial charge in [0.25, 0.3) is 11.2 Å². The van der Waals surface area contributed by atoms with Gasteiger partial charge in [-0.3, -0.25) is 14.9 Å². The maximum Gasteiger partial charge on any atom is 0.295 e. The lowest BCUT2D eigenvalue weighted by Crippen LogP contribution is -2.22. The molecular formula is C19H17N3O4. The first-order valence-corrected chi connectivity index (χ1v) is 8.54. The van der Waals surface area contributed by atoms with Gasteiger partial charge in [-0.1, -0.05) is 26.0 Å². The number of rotatable bonds is 1. The fourth-order valence-corrected chi connectivity index (χ4v) is 3.53. The van der Waals surface area contributed by atoms with Crippen LogP contribution in [-0.4, -0.2) is 14.5 Å². The molecule has 0 amide bonds. The smallest absolute Gasteiger partial charge is 0.295 e. The van der Waals surface area contributed by atoms with Crippen molar-refractivity contribution in [1.29, 1.82) is 0 Å². The van der Waals surface area contributed by atoms with E-state index < -0.39 is 4.92 Å². The third kappa shape index (κ3) is 2.24. The Labute approximate surface area is 149 Å². The number of nitro benzene ring substituents is 1. The lowest BCUT2D eigenvalue weighted by molar-refractivity contribution is -0.383. The Morgan fingerprint density at radius 1 is 1.19 bits per heavy atom. The molecule has 1 aromatic carbocycles. The molecule has 2 aromatic heterocycles. The lowest BCUT2D eigenvalue weighted by atomic mass is 10.1. The summed E-state index contributed by atoms with van der Waals surface area (Å²) in [5.74, 6) is 0. The van der Waals surface area contributed by atoms with Gasteiger partial charge in [-0.2, -0.15) is 0 Å². The second kappa shape index (κ2) is 6.03. The van der Waals surface area contributed by atoms with Crippen molar-refractivity contribution in [2.75, 3.05) is 0 Å². The summed E-state index contributed by atoms with van der Waals surface area (Å²) in [6.07, 6.45) is 0. The number of nitrogens with zero attached hydrogens (tertiary/aromatic N) is 3. The van der Waals surface area contributed by atoms with Gasteiger partial charge in [0.15, 0.2) is 0 Å². The van der Waals surface area contributed by atoms with Gasteiger partial charge in [0.2, 0.25) is 0 Å². The van der Waals surface area contributed by atoms with E-state index >= 15 is 0 Å². The van der Waals surface area contributed by atoms with Crippen molar-refractivity contribution in [3.8, 4) is 11.4 Å². The first kappa shape index (κ1) is 16.4. The Bertz CT molecular complexity index is 1120. The number of nitro groups is 1. The maximum atomic E-state index is 12.6. The average Bonchev–Trinajstić information content (AvgIpc) is 3.26. The quantitative estimate of drug-likeness (QED) is 0.387. The minimum atomic E-state index is -0.430. The summed E-state index contributed by atoms with van der Waals surface area (Å²) < 4.78 is 7.04. The zero-order valence-corrected chi connectivity index (χ0v) is 14.5. The number of pyridine rings is 2. The van der Waals surface area contributed by atoms with Crippen molar-refractivity contribution in [3.05, 3.63) is 67.5 Å². The highest BCUT2D eigenvalue weighted by molar-refractivity contribution is 5.90. The van der Waals surface area contributed by atoms with E-state index in [2.05, 4.69) is 4.98 Å². The third-order valence-corrected chi connectivity index (χ3v) is 4.67. The third-order valence-electron chi connectivity index (χ3n) is 4.67. The summed E-state index contributed by atoms with van der Waals surface area (Å²) in [7, 11) is 0. The summed E-state index contributed by atoms with van der Waals surface area (Å²) in [6.45, 7) is 5.19. The number of para-hydroxylation sites is 1. The van der Waals surface area contributed by atoms with Gasteiger partial charge >= 0.3 is 0 Å². The molecule has 0 aliphatic carbocycles. The van der Waals surface area contributed by atoms with Gasteiger partial charge in [0, 0.05) is 22.6 Å². The Morgan fingerprint density at radius 3 is 2.77 bits per heavy atom. The molecule has 3 aromatic rings. The van der Waals surface area contributed by atoms with Crippen molar-refractivity contribution >= 4 is 16.6 Å². The Hall–Kier alpha value is -3.06. The Morgan fingerprint density at radius 2 is 2.00 bits per heavy atom. The predicted molar refractivity (Wildman–Crippen MR) is 97.0 cm³/mol. The summed E-state index contributed by atoms with van der Waals surface area (Å²) in [4.78, 5) is 28.0. The molecule has 7 heteroatoms. The number of benzene rings is 1. The molecular weight excluding hydrogens is 334 g/mol. The molecule has 5 rings (SSSR count). The topological polar surface area (TPSA) is 87.3 Å². The fourth-order valence-electron chi connectivity index (χ4n) is 3.53. The van der Waals surface area contributed by atoms with Crippen LogP contribution >= 0.6 is 0 Å². The molecule has 0 saturated carbocycles. The first-order valence-electron chi connectivity index (χ1n) is 8.54. The van der Waals surface area contributed by atoms with Crippen molar-refractivity contribution in [1.82, 2.24) is 9.55 Å². The van der Waals surface area contributed by atoms with Crippen LogP contribution in [0.4, 0.5) is 5.69 Å². The van der Waals surface area contributed by atoms with Gasteiger partial charge in [0.05, 0.1) is 36.1 Å². The van der Waals surface area contributed by atoms with Crippen LogP contribution in [0.25, 0.3) is 22.3 Å². The number of non-ortho nitro benzene ring substituents is 1. The largest absolute Gasteiger partial charge is 0.372 e. The van der Waals surface area contributed by atoms with E-state index in [0.29, 0.717) is 47.6 Å². The van der Waals surface area contributed by atoms with Gasteiger partial charge in [0.1, 0.15) is 5.52 Å². The van der Waals surface area contributed by atoms with Crippen LogP contribution in [0.5, 0.6) is 0 Å². The molecule has 0 N–H and O–H groups in total. The van der Waals surface area contributed by atoms with Crippen LogP contribution < -0.4 is 5.56 Å². The number of hydrogen-bond donors (Lipinski definition) is 0. The van der Waals surface area contributed by atoms with Gasteiger partial charge in [-0.05, 0) is 17.7 Å². The van der Waals surface area contributed by atoms with E-state index in [1.54, 1.807) is 16.7 Å². The fraction of sp³-hybridized carbons (Fsp3) is 0.263. The predicted octanol–water partition coefficient (Wildman–Crippen LogP) is 3.39. The van der Waals surface area contributed by atoms with E-state index in [1.807, 2.05) is 26.0 Å². The van der Waals surface area contributed by atoms with E-state index in [9.17, 15) is 14.9 Å². The zero-order chi connectivity index (χ0) is 18.4. The monoisotopic (exact) mass is 351 g/mol. The number of aromatic nitrogens is 2. The van der Waals surface area contributed by atoms with Gasteiger partial charge in [-0.25, -0.2) is 4.98 Å². The molecule has 26 heavy (non-hydrogen) atoms. The van der Waals surface area contributed by atoms with Crippen LogP contribution in [0.1, 0.15) is 30.5 Å². The SMILES string of the molecule is CC.O=c1c2c(cc3n1Cc1cc4cccc([N+](=O)[O-])c4nc1-3)COC2. The number of fused-ring (bicyclic) bond motifs is 5. The molecule has 2 aliphatic rings. The van der Waals surface area contributed by atoms with E-state index in [4.69, 9.17) is 4.74 Å². The standard InChI is InChI=1S/C17H11N3O4.C2H6/c21-17-12-8-24-7-11(12)5-14-16-10(6-19(14)17)4-9-2-1-3-13(20(22)23)15(9)18-16;1-2/h1-5H,6-8H2;1-2H3. The number of ether oxygens (including phenoxy) is 1. The average molecular weight is 351 g/mol. The molecule has 0 radical (unpaired) electrons. The molecule has 7 nitrogen and oxygen atoms in total. The molecule has 4 heterocycles. The summed E-state index contributed by atoms with van der Waals surface area (Å²) in [5.41, 5.74) is 4.09. The molecule has 0 bridgehead atoms. The highest BCUT2D eigenvalue weighted by atomic mass is 16.6. The summed E-state index contributed by atoms with van der Waals surface area (Å²) >= 11 is 0. The van der Waals surface area contributed by atoms with E-state index in [0.717, 1.165) is 11.1 Å². The second-order valence-electron chi connectivity index (χ2n) is 6.02. The van der Waals surface area contributed by atoms with Crippen molar-refractivity contribution in [3.63, 3.8) is 0 Å².